The molecule has 21 heavy (non-hydrogen) atoms. The molecular weight excluding hydrogens is 270 g/mol. The van der Waals surface area contributed by atoms with Crippen LogP contribution in [0.4, 0.5) is 4.79 Å². The van der Waals surface area contributed by atoms with Crippen LogP contribution in [0.2, 0.25) is 0 Å². The molecule has 0 atom stereocenters. The van der Waals surface area contributed by atoms with Gasteiger partial charge in [-0.05, 0) is 51.3 Å². The molecule has 0 aliphatic heterocycles. The Labute approximate surface area is 124 Å². The lowest BCUT2D eigenvalue weighted by molar-refractivity contribution is 0.0493. The Hall–Kier alpha value is -2.04. The standard InChI is InChI=1S/C16H21NO4/c1-15(2,3)21-14(19)17-16(9-10-16)12-7-5-11(6-8-12)13(18)20-4/h5-8H,9-10H2,1-4H3,(H,17,19). The van der Waals surface area contributed by atoms with E-state index < -0.39 is 11.7 Å². The highest BCUT2D eigenvalue weighted by atomic mass is 16.6. The minimum Gasteiger partial charge on any atom is -0.465 e. The molecule has 0 saturated heterocycles. The van der Waals surface area contributed by atoms with Gasteiger partial charge in [0, 0.05) is 0 Å². The van der Waals surface area contributed by atoms with Crippen molar-refractivity contribution in [1.29, 1.82) is 0 Å². The molecule has 1 aromatic rings. The van der Waals surface area contributed by atoms with Crippen LogP contribution in [-0.2, 0) is 15.0 Å². The molecule has 0 spiro atoms. The second kappa shape index (κ2) is 5.39. The Morgan fingerprint density at radius 1 is 1.14 bits per heavy atom. The van der Waals surface area contributed by atoms with Crippen LogP contribution < -0.4 is 5.32 Å². The number of alkyl carbamates (subject to hydrolysis) is 1. The highest BCUT2D eigenvalue weighted by Gasteiger charge is 2.46. The molecule has 0 radical (unpaired) electrons. The lowest BCUT2D eigenvalue weighted by Crippen LogP contribution is -2.39. The van der Waals surface area contributed by atoms with Crippen LogP contribution in [0.25, 0.3) is 0 Å². The number of hydrogen-bond acceptors (Lipinski definition) is 4. The summed E-state index contributed by atoms with van der Waals surface area (Å²) in [5.74, 6) is -0.369. The van der Waals surface area contributed by atoms with Gasteiger partial charge in [0.15, 0.2) is 0 Å². The lowest BCUT2D eigenvalue weighted by atomic mass is 10.0. The van der Waals surface area contributed by atoms with E-state index >= 15 is 0 Å². The average Bonchev–Trinajstić information content (AvgIpc) is 3.16. The zero-order valence-electron chi connectivity index (χ0n) is 12.9. The van der Waals surface area contributed by atoms with Gasteiger partial charge in [-0.25, -0.2) is 9.59 Å². The molecule has 1 aliphatic rings. The van der Waals surface area contributed by atoms with Crippen molar-refractivity contribution < 1.29 is 19.1 Å². The van der Waals surface area contributed by atoms with Crippen molar-refractivity contribution in [2.24, 2.45) is 0 Å². The first-order valence-electron chi connectivity index (χ1n) is 6.96. The van der Waals surface area contributed by atoms with E-state index in [0.717, 1.165) is 18.4 Å². The smallest absolute Gasteiger partial charge is 0.408 e. The summed E-state index contributed by atoms with van der Waals surface area (Å²) >= 11 is 0. The predicted molar refractivity (Wildman–Crippen MR) is 78.1 cm³/mol. The van der Waals surface area contributed by atoms with Gasteiger partial charge < -0.3 is 14.8 Å². The predicted octanol–water partition coefficient (Wildman–Crippen LogP) is 2.99. The summed E-state index contributed by atoms with van der Waals surface area (Å²) < 4.78 is 9.96. The third kappa shape index (κ3) is 3.74. The van der Waals surface area contributed by atoms with Gasteiger partial charge in [0.2, 0.25) is 0 Å². The molecule has 0 aromatic heterocycles. The molecule has 1 aromatic carbocycles. The minimum atomic E-state index is -0.519. The van der Waals surface area contributed by atoms with Gasteiger partial charge in [0.05, 0.1) is 18.2 Å². The Kier molecular flexibility index (Phi) is 3.94. The highest BCUT2D eigenvalue weighted by Crippen LogP contribution is 2.45. The molecule has 0 heterocycles. The van der Waals surface area contributed by atoms with Crippen LogP contribution in [-0.4, -0.2) is 24.8 Å². The molecule has 5 heteroatoms. The molecule has 2 rings (SSSR count). The van der Waals surface area contributed by atoms with Crippen LogP contribution in [0.1, 0.15) is 49.5 Å². The number of esters is 1. The second-order valence-corrected chi connectivity index (χ2v) is 6.28. The topological polar surface area (TPSA) is 64.6 Å². The van der Waals surface area contributed by atoms with E-state index in [1.165, 1.54) is 7.11 Å². The van der Waals surface area contributed by atoms with Crippen molar-refractivity contribution in [3.05, 3.63) is 35.4 Å². The fourth-order valence-corrected chi connectivity index (χ4v) is 2.15. The number of methoxy groups -OCH3 is 1. The van der Waals surface area contributed by atoms with E-state index in [1.54, 1.807) is 12.1 Å². The zero-order chi connectivity index (χ0) is 15.7. The number of ether oxygens (including phenoxy) is 2. The summed E-state index contributed by atoms with van der Waals surface area (Å²) in [6.45, 7) is 5.49. The number of amides is 1. The van der Waals surface area contributed by atoms with Crippen LogP contribution in [0.15, 0.2) is 24.3 Å². The van der Waals surface area contributed by atoms with Crippen molar-refractivity contribution in [1.82, 2.24) is 5.32 Å². The van der Waals surface area contributed by atoms with E-state index in [2.05, 4.69) is 10.1 Å². The lowest BCUT2D eigenvalue weighted by Gasteiger charge is -2.23. The Morgan fingerprint density at radius 3 is 2.14 bits per heavy atom. The molecular formula is C16H21NO4. The quantitative estimate of drug-likeness (QED) is 0.869. The third-order valence-electron chi connectivity index (χ3n) is 3.35. The van der Waals surface area contributed by atoms with Gasteiger partial charge in [-0.3, -0.25) is 0 Å². The van der Waals surface area contributed by atoms with E-state index in [0.29, 0.717) is 5.56 Å². The Bertz CT molecular complexity index is 538. The van der Waals surface area contributed by atoms with E-state index in [4.69, 9.17) is 4.74 Å². The van der Waals surface area contributed by atoms with E-state index in [-0.39, 0.29) is 11.5 Å². The van der Waals surface area contributed by atoms with Gasteiger partial charge >= 0.3 is 12.1 Å². The van der Waals surface area contributed by atoms with Gasteiger partial charge in [0.1, 0.15) is 5.60 Å². The normalized spacial score (nSPS) is 16.0. The van der Waals surface area contributed by atoms with Crippen molar-refractivity contribution >= 4 is 12.1 Å². The van der Waals surface area contributed by atoms with Gasteiger partial charge in [-0.1, -0.05) is 12.1 Å². The number of nitrogens with one attached hydrogen (secondary N) is 1. The monoisotopic (exact) mass is 291 g/mol. The van der Waals surface area contributed by atoms with Crippen molar-refractivity contribution in [2.75, 3.05) is 7.11 Å². The molecule has 0 bridgehead atoms. The average molecular weight is 291 g/mol. The molecule has 1 aliphatic carbocycles. The van der Waals surface area contributed by atoms with Crippen molar-refractivity contribution in [3.8, 4) is 0 Å². The summed E-state index contributed by atoms with van der Waals surface area (Å²) in [5.41, 5.74) is 0.585. The molecule has 5 nitrogen and oxygen atoms in total. The van der Waals surface area contributed by atoms with Crippen molar-refractivity contribution in [2.45, 2.75) is 44.8 Å². The summed E-state index contributed by atoms with van der Waals surface area (Å²) in [7, 11) is 1.35. The molecule has 1 fully saturated rings. The first-order chi connectivity index (χ1) is 9.76. The van der Waals surface area contributed by atoms with Gasteiger partial charge in [-0.2, -0.15) is 0 Å². The third-order valence-corrected chi connectivity index (χ3v) is 3.35. The maximum atomic E-state index is 11.9. The molecule has 0 unspecified atom stereocenters. The van der Waals surface area contributed by atoms with Crippen LogP contribution in [0, 0.1) is 0 Å². The van der Waals surface area contributed by atoms with E-state index in [1.807, 2.05) is 32.9 Å². The fraction of sp³-hybridized carbons (Fsp3) is 0.500. The molecule has 1 N–H and O–H groups in total. The summed E-state index contributed by atoms with van der Waals surface area (Å²) in [4.78, 5) is 23.3. The first kappa shape index (κ1) is 15.4. The number of carbonyl (C=O) groups is 2. The van der Waals surface area contributed by atoms with Gasteiger partial charge in [-0.15, -0.1) is 0 Å². The van der Waals surface area contributed by atoms with Gasteiger partial charge in [0.25, 0.3) is 0 Å². The molecule has 114 valence electrons. The van der Waals surface area contributed by atoms with Crippen LogP contribution >= 0.6 is 0 Å². The Morgan fingerprint density at radius 2 is 1.71 bits per heavy atom. The van der Waals surface area contributed by atoms with Crippen LogP contribution in [0.3, 0.4) is 0 Å². The number of carbonyl (C=O) groups excluding carboxylic acids is 2. The van der Waals surface area contributed by atoms with E-state index in [9.17, 15) is 9.59 Å². The summed E-state index contributed by atoms with van der Waals surface area (Å²) in [5, 5.41) is 2.93. The number of rotatable bonds is 3. The molecule has 1 amide bonds. The Balaban J connectivity index is 2.07. The maximum absolute atomic E-state index is 11.9. The maximum Gasteiger partial charge on any atom is 0.408 e. The minimum absolute atomic E-state index is 0.364. The second-order valence-electron chi connectivity index (χ2n) is 6.28. The summed E-state index contributed by atoms with van der Waals surface area (Å²) in [6.07, 6.45) is 1.31. The number of hydrogen-bond donors (Lipinski definition) is 1. The largest absolute Gasteiger partial charge is 0.465 e. The van der Waals surface area contributed by atoms with Crippen molar-refractivity contribution in [3.63, 3.8) is 0 Å². The molecule has 1 saturated carbocycles. The SMILES string of the molecule is COC(=O)c1ccc(C2(NC(=O)OC(C)(C)C)CC2)cc1. The number of benzene rings is 1. The zero-order valence-corrected chi connectivity index (χ0v) is 12.9. The first-order valence-corrected chi connectivity index (χ1v) is 6.96. The van der Waals surface area contributed by atoms with Crippen LogP contribution in [0.5, 0.6) is 0 Å². The summed E-state index contributed by atoms with van der Waals surface area (Å²) in [6, 6.07) is 7.10. The fourth-order valence-electron chi connectivity index (χ4n) is 2.15. The highest BCUT2D eigenvalue weighted by molar-refractivity contribution is 5.89.